The number of aryl methyl sites for hydroxylation is 1. The standard InChI is InChI=1S/C19H23ClO4/c1-3-4-11-23-18(21)15-7-5-6-8-16(15)19(22)24-14-9-10-17(20)13(2)12-14/h5-6,9-10,12,15-16H,3-4,7-8,11H2,1-2H3. The molecular weight excluding hydrogens is 328 g/mol. The van der Waals surface area contributed by atoms with Crippen molar-refractivity contribution in [1.29, 1.82) is 0 Å². The molecule has 0 fully saturated rings. The number of hydrogen-bond donors (Lipinski definition) is 0. The highest BCUT2D eigenvalue weighted by molar-refractivity contribution is 6.31. The van der Waals surface area contributed by atoms with Gasteiger partial charge >= 0.3 is 11.9 Å². The predicted molar refractivity (Wildman–Crippen MR) is 93.0 cm³/mol. The fraction of sp³-hybridized carbons (Fsp3) is 0.474. The number of ether oxygens (including phenoxy) is 2. The molecule has 0 N–H and O–H groups in total. The fourth-order valence-electron chi connectivity index (χ4n) is 2.63. The third-order valence-corrected chi connectivity index (χ3v) is 4.55. The van der Waals surface area contributed by atoms with Gasteiger partial charge in [-0.3, -0.25) is 9.59 Å². The highest BCUT2D eigenvalue weighted by Crippen LogP contribution is 2.29. The highest BCUT2D eigenvalue weighted by Gasteiger charge is 2.36. The van der Waals surface area contributed by atoms with Crippen molar-refractivity contribution in [2.75, 3.05) is 6.61 Å². The highest BCUT2D eigenvalue weighted by atomic mass is 35.5. The number of hydrogen-bond acceptors (Lipinski definition) is 4. The van der Waals surface area contributed by atoms with Crippen LogP contribution in [0.1, 0.15) is 38.2 Å². The van der Waals surface area contributed by atoms with Crippen LogP contribution in [0.15, 0.2) is 30.4 Å². The topological polar surface area (TPSA) is 52.6 Å². The Bertz CT molecular complexity index is 624. The van der Waals surface area contributed by atoms with Crippen LogP contribution < -0.4 is 4.74 Å². The lowest BCUT2D eigenvalue weighted by molar-refractivity contribution is -0.156. The largest absolute Gasteiger partial charge is 0.465 e. The lowest BCUT2D eigenvalue weighted by Gasteiger charge is -2.25. The molecule has 2 unspecified atom stereocenters. The molecule has 4 nitrogen and oxygen atoms in total. The van der Waals surface area contributed by atoms with E-state index < -0.39 is 17.8 Å². The zero-order valence-corrected chi connectivity index (χ0v) is 14.8. The Kier molecular flexibility index (Phi) is 6.85. The van der Waals surface area contributed by atoms with Gasteiger partial charge in [-0.25, -0.2) is 0 Å². The van der Waals surface area contributed by atoms with Crippen LogP contribution in [0.5, 0.6) is 5.75 Å². The third kappa shape index (κ3) is 4.84. The Labute approximate surface area is 147 Å². The fourth-order valence-corrected chi connectivity index (χ4v) is 2.75. The van der Waals surface area contributed by atoms with E-state index in [1.165, 1.54) is 0 Å². The Morgan fingerprint density at radius 3 is 2.46 bits per heavy atom. The number of unbranched alkanes of at least 4 members (excludes halogenated alkanes) is 1. The van der Waals surface area contributed by atoms with Gasteiger partial charge in [0.1, 0.15) is 5.75 Å². The Morgan fingerprint density at radius 2 is 1.83 bits per heavy atom. The van der Waals surface area contributed by atoms with E-state index in [4.69, 9.17) is 21.1 Å². The maximum Gasteiger partial charge on any atom is 0.315 e. The van der Waals surface area contributed by atoms with Crippen molar-refractivity contribution >= 4 is 23.5 Å². The first-order chi connectivity index (χ1) is 11.5. The second-order valence-electron chi connectivity index (χ2n) is 6.01. The van der Waals surface area contributed by atoms with Crippen LogP contribution in [-0.4, -0.2) is 18.5 Å². The van der Waals surface area contributed by atoms with E-state index in [9.17, 15) is 9.59 Å². The number of carbonyl (C=O) groups is 2. The van der Waals surface area contributed by atoms with E-state index >= 15 is 0 Å². The number of benzene rings is 1. The van der Waals surface area contributed by atoms with E-state index in [2.05, 4.69) is 0 Å². The molecule has 0 heterocycles. The van der Waals surface area contributed by atoms with Gasteiger partial charge < -0.3 is 9.47 Å². The molecule has 0 aromatic heterocycles. The van der Waals surface area contributed by atoms with E-state index in [0.717, 1.165) is 18.4 Å². The minimum absolute atomic E-state index is 0.318. The summed E-state index contributed by atoms with van der Waals surface area (Å²) in [6.07, 6.45) is 6.60. The van der Waals surface area contributed by atoms with Gasteiger partial charge in [0.2, 0.25) is 0 Å². The van der Waals surface area contributed by atoms with E-state index in [1.807, 2.05) is 26.0 Å². The maximum absolute atomic E-state index is 12.5. The molecule has 0 spiro atoms. The zero-order valence-electron chi connectivity index (χ0n) is 14.1. The van der Waals surface area contributed by atoms with Crippen molar-refractivity contribution < 1.29 is 19.1 Å². The van der Waals surface area contributed by atoms with Crippen molar-refractivity contribution in [3.8, 4) is 5.75 Å². The monoisotopic (exact) mass is 350 g/mol. The summed E-state index contributed by atoms with van der Waals surface area (Å²) in [7, 11) is 0. The predicted octanol–water partition coefficient (Wildman–Crippen LogP) is 4.48. The summed E-state index contributed by atoms with van der Waals surface area (Å²) in [6.45, 7) is 4.27. The zero-order chi connectivity index (χ0) is 17.5. The van der Waals surface area contributed by atoms with Crippen molar-refractivity contribution in [2.24, 2.45) is 11.8 Å². The van der Waals surface area contributed by atoms with E-state index in [0.29, 0.717) is 30.2 Å². The molecule has 0 aliphatic heterocycles. The maximum atomic E-state index is 12.5. The second kappa shape index (κ2) is 8.88. The molecule has 2 rings (SSSR count). The summed E-state index contributed by atoms with van der Waals surface area (Å²) in [5.74, 6) is -1.28. The number of rotatable bonds is 6. The number of carbonyl (C=O) groups excluding carboxylic acids is 2. The van der Waals surface area contributed by atoms with Crippen molar-refractivity contribution in [3.63, 3.8) is 0 Å². The summed E-state index contributed by atoms with van der Waals surface area (Å²) in [4.78, 5) is 24.8. The van der Waals surface area contributed by atoms with Gasteiger partial charge in [-0.2, -0.15) is 0 Å². The first-order valence-corrected chi connectivity index (χ1v) is 8.70. The molecule has 1 aliphatic rings. The molecule has 5 heteroatoms. The lowest BCUT2D eigenvalue weighted by Crippen LogP contribution is -2.35. The van der Waals surface area contributed by atoms with Gasteiger partial charge in [-0.1, -0.05) is 37.1 Å². The minimum atomic E-state index is -0.514. The van der Waals surface area contributed by atoms with Crippen LogP contribution in [0, 0.1) is 18.8 Å². The Morgan fingerprint density at radius 1 is 1.17 bits per heavy atom. The van der Waals surface area contributed by atoms with Gasteiger partial charge in [0, 0.05) is 5.02 Å². The lowest BCUT2D eigenvalue weighted by atomic mass is 9.83. The van der Waals surface area contributed by atoms with Crippen LogP contribution in [0.3, 0.4) is 0 Å². The SMILES string of the molecule is CCCCOC(=O)C1CC=CCC1C(=O)Oc1ccc(Cl)c(C)c1. The molecule has 130 valence electrons. The molecule has 0 saturated carbocycles. The molecule has 0 radical (unpaired) electrons. The Balaban J connectivity index is 2.03. The van der Waals surface area contributed by atoms with Crippen LogP contribution in [0.4, 0.5) is 0 Å². The molecule has 2 atom stereocenters. The average molecular weight is 351 g/mol. The third-order valence-electron chi connectivity index (χ3n) is 4.13. The molecule has 24 heavy (non-hydrogen) atoms. The first-order valence-electron chi connectivity index (χ1n) is 8.32. The van der Waals surface area contributed by atoms with Crippen molar-refractivity contribution in [3.05, 3.63) is 40.9 Å². The first kappa shape index (κ1) is 18.5. The molecule has 1 aromatic carbocycles. The molecule has 1 aliphatic carbocycles. The van der Waals surface area contributed by atoms with E-state index in [1.54, 1.807) is 18.2 Å². The van der Waals surface area contributed by atoms with Crippen molar-refractivity contribution in [2.45, 2.75) is 39.5 Å². The minimum Gasteiger partial charge on any atom is -0.465 e. The normalized spacial score (nSPS) is 19.8. The van der Waals surface area contributed by atoms with Gasteiger partial charge in [0.25, 0.3) is 0 Å². The summed E-state index contributed by atoms with van der Waals surface area (Å²) in [6, 6.07) is 5.06. The molecule has 0 bridgehead atoms. The molecule has 0 saturated heterocycles. The van der Waals surface area contributed by atoms with Gasteiger partial charge in [-0.05, 0) is 49.9 Å². The summed E-state index contributed by atoms with van der Waals surface area (Å²) >= 11 is 5.98. The molecule has 1 aromatic rings. The van der Waals surface area contributed by atoms with Crippen LogP contribution in [-0.2, 0) is 14.3 Å². The second-order valence-corrected chi connectivity index (χ2v) is 6.42. The van der Waals surface area contributed by atoms with E-state index in [-0.39, 0.29) is 5.97 Å². The van der Waals surface area contributed by atoms with Crippen LogP contribution in [0.2, 0.25) is 5.02 Å². The summed E-state index contributed by atoms with van der Waals surface area (Å²) in [5.41, 5.74) is 0.834. The van der Waals surface area contributed by atoms with Gasteiger partial charge in [-0.15, -0.1) is 0 Å². The quantitative estimate of drug-likeness (QED) is 0.328. The smallest absolute Gasteiger partial charge is 0.315 e. The number of esters is 2. The van der Waals surface area contributed by atoms with Gasteiger partial charge in [0.15, 0.2) is 0 Å². The summed E-state index contributed by atoms with van der Waals surface area (Å²) < 4.78 is 10.7. The number of halogens is 1. The number of allylic oxidation sites excluding steroid dienone is 2. The van der Waals surface area contributed by atoms with Crippen LogP contribution in [0.25, 0.3) is 0 Å². The molecule has 0 amide bonds. The van der Waals surface area contributed by atoms with Gasteiger partial charge in [0.05, 0.1) is 18.4 Å². The van der Waals surface area contributed by atoms with Crippen LogP contribution >= 0.6 is 11.6 Å². The van der Waals surface area contributed by atoms with Crippen molar-refractivity contribution in [1.82, 2.24) is 0 Å². The average Bonchev–Trinajstić information content (AvgIpc) is 2.58. The molecular formula is C19H23ClO4. The summed E-state index contributed by atoms with van der Waals surface area (Å²) in [5, 5.41) is 0.618. The Hall–Kier alpha value is -1.81.